The molecule has 0 amide bonds. The third kappa shape index (κ3) is 34.5. The molecule has 0 bridgehead atoms. The molecule has 0 aliphatic rings. The Balaban J connectivity index is 0. The second kappa shape index (κ2) is 5.28. The summed E-state index contributed by atoms with van der Waals surface area (Å²) in [6.07, 6.45) is -0.167. The summed E-state index contributed by atoms with van der Waals surface area (Å²) < 4.78 is 0. The first-order chi connectivity index (χ1) is 1.73. The maximum absolute atomic E-state index is 8.06. The molecule has 0 spiro atoms. The van der Waals surface area contributed by atoms with Crippen molar-refractivity contribution in [3.63, 3.8) is 0 Å². The molecule has 0 heterocycles. The number of aliphatic hydroxyl groups is 1. The van der Waals surface area contributed by atoms with E-state index in [4.69, 9.17) is 5.11 Å². The van der Waals surface area contributed by atoms with Gasteiger partial charge in [-0.05, 0) is 13.8 Å². The molecule has 0 rings (SSSR count). The summed E-state index contributed by atoms with van der Waals surface area (Å²) in [6.45, 7) is 3.44. The van der Waals surface area contributed by atoms with Gasteiger partial charge in [0.25, 0.3) is 0 Å². The monoisotopic (exact) mass is 218 g/mol. The first-order valence-electron chi connectivity index (χ1n) is 1.41. The molecule has 0 aliphatic carbocycles. The van der Waals surface area contributed by atoms with Crippen molar-refractivity contribution in [2.45, 2.75) is 20.0 Å². The van der Waals surface area contributed by atoms with E-state index in [1.54, 1.807) is 13.8 Å². The molecule has 5 heavy (non-hydrogen) atoms. The maximum atomic E-state index is 8.06. The second-order valence-corrected chi connectivity index (χ2v) is 1.09. The van der Waals surface area contributed by atoms with Crippen LogP contribution < -0.4 is 0 Å². The molecule has 0 radical (unpaired) electrons. The number of rotatable bonds is 0. The van der Waals surface area contributed by atoms with E-state index in [2.05, 4.69) is 0 Å². The fourth-order valence-corrected chi connectivity index (χ4v) is 0. The van der Waals surface area contributed by atoms with E-state index in [-0.39, 0.29) is 46.0 Å². The van der Waals surface area contributed by atoms with E-state index in [9.17, 15) is 0 Å². The van der Waals surface area contributed by atoms with Crippen molar-refractivity contribution < 1.29 is 45.0 Å². The zero-order chi connectivity index (χ0) is 3.58. The Labute approximate surface area is 64.4 Å². The van der Waals surface area contributed by atoms with Crippen LogP contribution in [0.5, 0.6) is 0 Å². The van der Waals surface area contributed by atoms with E-state index in [1.807, 2.05) is 0 Å². The topological polar surface area (TPSA) is 20.2 Å². The van der Waals surface area contributed by atoms with Crippen molar-refractivity contribution in [1.29, 1.82) is 0 Å². The predicted octanol–water partition coefficient (Wildman–Crippen LogP) is 0.387. The Morgan fingerprint density at radius 1 is 1.40 bits per heavy atom. The van der Waals surface area contributed by atoms with Crippen LogP contribution >= 0.6 is 0 Å². The largest absolute Gasteiger partial charge is 0.394 e. The Bertz CT molecular complexity index is 11.6. The van der Waals surface area contributed by atoms with Crippen LogP contribution in [0.15, 0.2) is 0 Å². The van der Waals surface area contributed by atoms with Crippen molar-refractivity contribution in [3.05, 3.63) is 0 Å². The Kier molecular flexibility index (Phi) is 10.1. The third-order valence-corrected chi connectivity index (χ3v) is 0. The summed E-state index contributed by atoms with van der Waals surface area (Å²) >= 11 is 0. The molecule has 0 aromatic heterocycles. The smallest absolute Gasteiger partial charge is 0.0483 e. The molecular weight excluding hydrogens is 209 g/mol. The zero-order valence-electron chi connectivity index (χ0n) is 3.38. The molecule has 1 nitrogen and oxygen atoms in total. The summed E-state index contributed by atoms with van der Waals surface area (Å²) in [5.74, 6) is 0. The van der Waals surface area contributed by atoms with Gasteiger partial charge in [0, 0.05) is 46.0 Å². The Morgan fingerprint density at radius 3 is 1.40 bits per heavy atom. The predicted molar refractivity (Wildman–Crippen MR) is 17.4 cm³/mol. The molecular formula is C3H8GdO. The molecule has 0 aromatic rings. The molecule has 0 unspecified atom stereocenters. The summed E-state index contributed by atoms with van der Waals surface area (Å²) in [6, 6.07) is 0. The minimum Gasteiger partial charge on any atom is -0.394 e. The Hall–Kier alpha value is 1.28. The van der Waals surface area contributed by atoms with Crippen LogP contribution in [0.2, 0.25) is 0 Å². The molecule has 0 aromatic carbocycles. The van der Waals surface area contributed by atoms with Crippen LogP contribution in [0, 0.1) is 39.9 Å². The summed E-state index contributed by atoms with van der Waals surface area (Å²) in [5, 5.41) is 8.06. The first-order valence-corrected chi connectivity index (χ1v) is 1.41. The van der Waals surface area contributed by atoms with E-state index in [0.717, 1.165) is 0 Å². The van der Waals surface area contributed by atoms with Gasteiger partial charge in [-0.25, -0.2) is 0 Å². The first kappa shape index (κ1) is 9.56. The van der Waals surface area contributed by atoms with Crippen molar-refractivity contribution in [2.75, 3.05) is 0 Å². The Morgan fingerprint density at radius 2 is 1.40 bits per heavy atom. The van der Waals surface area contributed by atoms with E-state index in [0.29, 0.717) is 0 Å². The quantitative estimate of drug-likeness (QED) is 0.622. The van der Waals surface area contributed by atoms with Gasteiger partial charge in [-0.2, -0.15) is 0 Å². The van der Waals surface area contributed by atoms with Crippen LogP contribution in [0.3, 0.4) is 0 Å². The standard InChI is InChI=1S/C3H8O.Gd/c1-3(2)4;/h3-4H,1-2H3;. The molecule has 0 saturated carbocycles. The maximum Gasteiger partial charge on any atom is 0.0483 e. The van der Waals surface area contributed by atoms with Gasteiger partial charge in [-0.15, -0.1) is 0 Å². The number of hydrogen-bond acceptors (Lipinski definition) is 1. The molecule has 0 atom stereocenters. The molecule has 2 heteroatoms. The van der Waals surface area contributed by atoms with E-state index >= 15 is 0 Å². The minimum absolute atomic E-state index is 0. The van der Waals surface area contributed by atoms with E-state index in [1.165, 1.54) is 0 Å². The van der Waals surface area contributed by atoms with Gasteiger partial charge in [0.1, 0.15) is 0 Å². The summed E-state index contributed by atoms with van der Waals surface area (Å²) in [4.78, 5) is 0. The van der Waals surface area contributed by atoms with Gasteiger partial charge in [0.05, 0.1) is 0 Å². The fourth-order valence-electron chi connectivity index (χ4n) is 0. The fraction of sp³-hybridized carbons (Fsp3) is 1.00. The second-order valence-electron chi connectivity index (χ2n) is 1.09. The van der Waals surface area contributed by atoms with Gasteiger partial charge < -0.3 is 5.11 Å². The van der Waals surface area contributed by atoms with E-state index < -0.39 is 0 Å². The minimum atomic E-state index is -0.167. The molecule has 0 saturated heterocycles. The number of aliphatic hydroxyl groups excluding tert-OH is 1. The van der Waals surface area contributed by atoms with Crippen molar-refractivity contribution in [2.24, 2.45) is 0 Å². The molecule has 0 aliphatic heterocycles. The molecule has 0 fully saturated rings. The van der Waals surface area contributed by atoms with Crippen LogP contribution in [-0.2, 0) is 0 Å². The summed E-state index contributed by atoms with van der Waals surface area (Å²) in [7, 11) is 0. The molecule has 34 valence electrons. The summed E-state index contributed by atoms with van der Waals surface area (Å²) in [5.41, 5.74) is 0. The van der Waals surface area contributed by atoms with Crippen LogP contribution in [0.4, 0.5) is 0 Å². The van der Waals surface area contributed by atoms with Gasteiger partial charge >= 0.3 is 0 Å². The normalized spacial score (nSPS) is 7.20. The average Bonchev–Trinajstić information content (AvgIpc) is 0.811. The van der Waals surface area contributed by atoms with Gasteiger partial charge in [0.2, 0.25) is 0 Å². The van der Waals surface area contributed by atoms with Crippen molar-refractivity contribution in [3.8, 4) is 0 Å². The van der Waals surface area contributed by atoms with Crippen LogP contribution in [0.25, 0.3) is 0 Å². The average molecular weight is 217 g/mol. The van der Waals surface area contributed by atoms with Crippen LogP contribution in [-0.4, -0.2) is 11.2 Å². The van der Waals surface area contributed by atoms with Crippen molar-refractivity contribution in [1.82, 2.24) is 0 Å². The zero-order valence-corrected chi connectivity index (χ0v) is 5.65. The SMILES string of the molecule is CC(C)O.[Gd]. The van der Waals surface area contributed by atoms with Gasteiger partial charge in [0.15, 0.2) is 0 Å². The van der Waals surface area contributed by atoms with Gasteiger partial charge in [-0.3, -0.25) is 0 Å². The van der Waals surface area contributed by atoms with Crippen LogP contribution in [0.1, 0.15) is 13.8 Å². The number of hydrogen-bond donors (Lipinski definition) is 1. The third-order valence-electron chi connectivity index (χ3n) is 0. The van der Waals surface area contributed by atoms with Gasteiger partial charge in [-0.1, -0.05) is 0 Å². The molecule has 1 N–H and O–H groups in total. The van der Waals surface area contributed by atoms with Crippen molar-refractivity contribution >= 4 is 0 Å².